The van der Waals surface area contributed by atoms with Crippen molar-refractivity contribution < 1.29 is 14.3 Å². The van der Waals surface area contributed by atoms with Crippen LogP contribution in [0.4, 0.5) is 10.5 Å². The van der Waals surface area contributed by atoms with Gasteiger partial charge < -0.3 is 10.5 Å². The van der Waals surface area contributed by atoms with Crippen LogP contribution in [0.25, 0.3) is 0 Å². The van der Waals surface area contributed by atoms with Gasteiger partial charge in [0.25, 0.3) is 0 Å². The average molecular weight is 455 g/mol. The van der Waals surface area contributed by atoms with E-state index in [0.29, 0.717) is 10.2 Å². The van der Waals surface area contributed by atoms with Crippen LogP contribution < -0.4 is 10.6 Å². The molecule has 0 saturated heterocycles. The number of rotatable bonds is 5. The second kappa shape index (κ2) is 8.71. The van der Waals surface area contributed by atoms with Gasteiger partial charge in [0.1, 0.15) is 16.8 Å². The summed E-state index contributed by atoms with van der Waals surface area (Å²) >= 11 is 9.25. The maximum Gasteiger partial charge on any atom is 0.415 e. The van der Waals surface area contributed by atoms with E-state index in [-0.39, 0.29) is 11.6 Å². The molecule has 1 heterocycles. The first-order chi connectivity index (χ1) is 12.6. The molecule has 0 fully saturated rings. The summed E-state index contributed by atoms with van der Waals surface area (Å²) in [5.74, 6) is -0.657. The topological polar surface area (TPSA) is 85.5 Å². The number of halogens is 2. The molecule has 0 aliphatic heterocycles. The summed E-state index contributed by atoms with van der Waals surface area (Å²) in [7, 11) is 0. The quantitative estimate of drug-likeness (QED) is 0.681. The molecule has 1 atom stereocenters. The first kappa shape index (κ1) is 21.2. The Bertz CT molecular complexity index is 825. The lowest BCUT2D eigenvalue weighted by Crippen LogP contribution is -2.51. The fourth-order valence-corrected chi connectivity index (χ4v) is 2.86. The van der Waals surface area contributed by atoms with Crippen LogP contribution in [0.5, 0.6) is 0 Å². The number of nitrogens with zero attached hydrogens (tertiary/aromatic N) is 2. The molecule has 0 aliphatic carbocycles. The molecule has 6 nitrogen and oxygen atoms in total. The predicted molar refractivity (Wildman–Crippen MR) is 109 cm³/mol. The van der Waals surface area contributed by atoms with Crippen molar-refractivity contribution >= 4 is 45.2 Å². The van der Waals surface area contributed by atoms with Gasteiger partial charge in [0.2, 0.25) is 5.91 Å². The van der Waals surface area contributed by atoms with Gasteiger partial charge in [-0.05, 0) is 48.3 Å². The zero-order chi connectivity index (χ0) is 20.2. The zero-order valence-corrected chi connectivity index (χ0v) is 17.6. The van der Waals surface area contributed by atoms with Crippen LogP contribution in [0.1, 0.15) is 26.3 Å². The van der Waals surface area contributed by atoms with Crippen molar-refractivity contribution in [1.82, 2.24) is 4.98 Å². The lowest BCUT2D eigenvalue weighted by molar-refractivity contribution is -0.119. The highest BCUT2D eigenvalue weighted by atomic mass is 79.9. The Balaban J connectivity index is 2.48. The van der Waals surface area contributed by atoms with Crippen molar-refractivity contribution in [2.75, 3.05) is 4.90 Å². The Morgan fingerprint density at radius 2 is 1.93 bits per heavy atom. The van der Waals surface area contributed by atoms with Gasteiger partial charge in [0, 0.05) is 6.42 Å². The third-order valence-electron chi connectivity index (χ3n) is 3.56. The Hall–Kier alpha value is -2.12. The Labute approximate surface area is 171 Å². The predicted octanol–water partition coefficient (Wildman–Crippen LogP) is 4.34. The molecule has 27 heavy (non-hydrogen) atoms. The van der Waals surface area contributed by atoms with Gasteiger partial charge in [-0.25, -0.2) is 9.78 Å². The molecule has 2 N–H and O–H groups in total. The second-order valence-electron chi connectivity index (χ2n) is 6.92. The highest BCUT2D eigenvalue weighted by Crippen LogP contribution is 2.28. The lowest BCUT2D eigenvalue weighted by Gasteiger charge is -2.32. The van der Waals surface area contributed by atoms with Crippen molar-refractivity contribution in [1.29, 1.82) is 0 Å². The molecule has 0 spiro atoms. The summed E-state index contributed by atoms with van der Waals surface area (Å²) < 4.78 is 5.98. The van der Waals surface area contributed by atoms with E-state index in [2.05, 4.69) is 20.9 Å². The lowest BCUT2D eigenvalue weighted by atomic mass is 10.0. The van der Waals surface area contributed by atoms with Crippen LogP contribution in [0.15, 0.2) is 47.1 Å². The second-order valence-corrected chi connectivity index (χ2v) is 8.14. The van der Waals surface area contributed by atoms with E-state index in [9.17, 15) is 9.59 Å². The van der Waals surface area contributed by atoms with E-state index in [4.69, 9.17) is 22.1 Å². The number of carbonyl (C=O) groups excluding carboxylic acids is 2. The number of primary amides is 1. The van der Waals surface area contributed by atoms with Crippen LogP contribution in [-0.2, 0) is 16.0 Å². The zero-order valence-electron chi connectivity index (χ0n) is 15.3. The normalized spacial score (nSPS) is 12.3. The van der Waals surface area contributed by atoms with Crippen molar-refractivity contribution in [3.05, 3.63) is 57.8 Å². The maximum atomic E-state index is 12.9. The molecule has 1 aromatic carbocycles. The van der Waals surface area contributed by atoms with E-state index < -0.39 is 23.6 Å². The van der Waals surface area contributed by atoms with Gasteiger partial charge in [-0.1, -0.05) is 41.9 Å². The molecule has 0 unspecified atom stereocenters. The molecule has 2 rings (SSSR count). The minimum atomic E-state index is -0.961. The highest BCUT2D eigenvalue weighted by Gasteiger charge is 2.34. The molecule has 2 amide bonds. The summed E-state index contributed by atoms with van der Waals surface area (Å²) in [5.41, 5.74) is 6.10. The Morgan fingerprint density at radius 1 is 1.30 bits per heavy atom. The largest absolute Gasteiger partial charge is 0.443 e. The van der Waals surface area contributed by atoms with Crippen LogP contribution >= 0.6 is 27.5 Å². The SMILES string of the molecule is CC(C)(C)OC(=O)N(c1cnc(Cl)c(Br)c1)[C@@H](Cc1ccccc1)C(N)=O. The molecule has 0 bridgehead atoms. The first-order valence-corrected chi connectivity index (χ1v) is 9.42. The van der Waals surface area contributed by atoms with E-state index in [0.717, 1.165) is 5.56 Å². The van der Waals surface area contributed by atoms with E-state index in [1.165, 1.54) is 11.1 Å². The van der Waals surface area contributed by atoms with Gasteiger partial charge in [0.05, 0.1) is 16.4 Å². The van der Waals surface area contributed by atoms with Gasteiger partial charge in [-0.2, -0.15) is 0 Å². The van der Waals surface area contributed by atoms with Crippen molar-refractivity contribution in [3.63, 3.8) is 0 Å². The summed E-state index contributed by atoms with van der Waals surface area (Å²) in [5, 5.41) is 0.238. The fraction of sp³-hybridized carbons (Fsp3) is 0.316. The van der Waals surface area contributed by atoms with Crippen molar-refractivity contribution in [2.45, 2.75) is 38.8 Å². The number of aromatic nitrogens is 1. The summed E-state index contributed by atoms with van der Waals surface area (Å²) in [6.45, 7) is 5.24. The standard InChI is InChI=1S/C19H21BrClN3O3/c1-19(2,3)27-18(26)24(13-10-14(20)16(21)23-11-13)15(17(22)25)9-12-7-5-4-6-8-12/h4-8,10-11,15H,9H2,1-3H3,(H2,22,25)/t15-/m0/s1. The number of hydrogen-bond donors (Lipinski definition) is 1. The number of pyridine rings is 1. The molecule has 0 radical (unpaired) electrons. The molecule has 1 aromatic heterocycles. The van der Waals surface area contributed by atoms with Crippen LogP contribution in [0.3, 0.4) is 0 Å². The molecule has 0 aliphatic rings. The van der Waals surface area contributed by atoms with Gasteiger partial charge in [-0.15, -0.1) is 0 Å². The number of nitrogens with two attached hydrogens (primary N) is 1. The summed E-state index contributed by atoms with van der Waals surface area (Å²) in [6.07, 6.45) is 0.936. The monoisotopic (exact) mass is 453 g/mol. The van der Waals surface area contributed by atoms with E-state index in [1.807, 2.05) is 30.3 Å². The van der Waals surface area contributed by atoms with Crippen LogP contribution in [-0.4, -0.2) is 28.6 Å². The maximum absolute atomic E-state index is 12.9. The molecule has 0 saturated carbocycles. The minimum Gasteiger partial charge on any atom is -0.443 e. The van der Waals surface area contributed by atoms with E-state index in [1.54, 1.807) is 26.8 Å². The first-order valence-electron chi connectivity index (χ1n) is 8.25. The van der Waals surface area contributed by atoms with Crippen LogP contribution in [0, 0.1) is 0 Å². The average Bonchev–Trinajstić information content (AvgIpc) is 2.56. The Kier molecular flexibility index (Phi) is 6.84. The molecule has 8 heteroatoms. The molecule has 2 aromatic rings. The smallest absolute Gasteiger partial charge is 0.415 e. The molecular weight excluding hydrogens is 434 g/mol. The van der Waals surface area contributed by atoms with Crippen molar-refractivity contribution in [2.24, 2.45) is 5.73 Å². The van der Waals surface area contributed by atoms with Gasteiger partial charge >= 0.3 is 6.09 Å². The van der Waals surface area contributed by atoms with Gasteiger partial charge in [-0.3, -0.25) is 9.69 Å². The minimum absolute atomic E-state index is 0.232. The summed E-state index contributed by atoms with van der Waals surface area (Å²) in [4.78, 5) is 30.4. The number of benzene rings is 1. The fourth-order valence-electron chi connectivity index (χ4n) is 2.42. The Morgan fingerprint density at radius 3 is 2.44 bits per heavy atom. The third kappa shape index (κ3) is 5.94. The van der Waals surface area contributed by atoms with Crippen molar-refractivity contribution in [3.8, 4) is 0 Å². The molecular formula is C19H21BrClN3O3. The summed E-state index contributed by atoms with van der Waals surface area (Å²) in [6, 6.07) is 9.93. The van der Waals surface area contributed by atoms with Crippen LogP contribution in [0.2, 0.25) is 5.15 Å². The number of ether oxygens (including phenoxy) is 1. The number of carbonyl (C=O) groups is 2. The van der Waals surface area contributed by atoms with Gasteiger partial charge in [0.15, 0.2) is 0 Å². The van der Waals surface area contributed by atoms with E-state index >= 15 is 0 Å². The number of hydrogen-bond acceptors (Lipinski definition) is 4. The number of amides is 2. The number of anilines is 1. The molecule has 144 valence electrons. The highest BCUT2D eigenvalue weighted by molar-refractivity contribution is 9.10. The third-order valence-corrected chi connectivity index (χ3v) is 4.70.